The molecule has 0 aliphatic heterocycles. The van der Waals surface area contributed by atoms with Crippen LogP contribution in [0.4, 0.5) is 28.9 Å². The minimum absolute atomic E-state index is 0.142. The largest absolute Gasteiger partial charge is 0.457 e. The van der Waals surface area contributed by atoms with Crippen LogP contribution in [0.15, 0.2) is 96.1 Å². The molecule has 2 amide bonds. The molecule has 0 spiro atoms. The lowest BCUT2D eigenvalue weighted by molar-refractivity contribution is -0.113. The van der Waals surface area contributed by atoms with Crippen molar-refractivity contribution in [3.8, 4) is 23.6 Å². The molecule has 0 aliphatic carbocycles. The number of hydrogen-bond acceptors (Lipinski definition) is 5. The van der Waals surface area contributed by atoms with Gasteiger partial charge in [-0.25, -0.2) is 17.6 Å². The highest BCUT2D eigenvalue weighted by Gasteiger charge is 2.13. The van der Waals surface area contributed by atoms with Crippen LogP contribution >= 0.6 is 0 Å². The van der Waals surface area contributed by atoms with Crippen molar-refractivity contribution in [3.63, 3.8) is 0 Å². The zero-order valence-electron chi connectivity index (χ0n) is 21.9. The first-order valence-corrected chi connectivity index (χ1v) is 12.3. The number of amides is 2. The Labute approximate surface area is 242 Å². The number of hydrogen-bond donors (Lipinski definition) is 2. The van der Waals surface area contributed by atoms with Crippen molar-refractivity contribution in [3.05, 3.63) is 130 Å². The fourth-order valence-corrected chi connectivity index (χ4v) is 3.58. The van der Waals surface area contributed by atoms with Crippen LogP contribution in [-0.2, 0) is 9.59 Å². The van der Waals surface area contributed by atoms with Crippen LogP contribution in [-0.4, -0.2) is 11.8 Å². The fourth-order valence-electron chi connectivity index (χ4n) is 3.58. The Morgan fingerprint density at radius 3 is 1.28 bits per heavy atom. The first-order valence-electron chi connectivity index (χ1n) is 12.3. The zero-order valence-corrected chi connectivity index (χ0v) is 21.9. The summed E-state index contributed by atoms with van der Waals surface area (Å²) in [5.41, 5.74) is 0.325. The molecule has 0 bridgehead atoms. The van der Waals surface area contributed by atoms with E-state index in [1.165, 1.54) is 36.4 Å². The first-order chi connectivity index (χ1) is 20.6. The van der Waals surface area contributed by atoms with E-state index in [2.05, 4.69) is 10.6 Å². The van der Waals surface area contributed by atoms with Gasteiger partial charge in [0.05, 0.1) is 0 Å². The van der Waals surface area contributed by atoms with Gasteiger partial charge in [-0.1, -0.05) is 12.1 Å². The third kappa shape index (κ3) is 7.93. The van der Waals surface area contributed by atoms with Crippen LogP contribution in [0.5, 0.6) is 11.5 Å². The van der Waals surface area contributed by atoms with Gasteiger partial charge in [0.2, 0.25) is 0 Å². The van der Waals surface area contributed by atoms with Crippen molar-refractivity contribution in [1.29, 1.82) is 10.5 Å². The first kappa shape index (κ1) is 29.8. The molecule has 0 saturated heterocycles. The van der Waals surface area contributed by atoms with E-state index in [1.54, 1.807) is 36.4 Å². The number of carbonyl (C=O) groups excluding carboxylic acids is 2. The molecule has 0 radical (unpaired) electrons. The second-order valence-electron chi connectivity index (χ2n) is 8.75. The summed E-state index contributed by atoms with van der Waals surface area (Å²) in [5.74, 6) is -5.02. The minimum atomic E-state index is -1.11. The lowest BCUT2D eigenvalue weighted by Gasteiger charge is -2.09. The fraction of sp³-hybridized carbons (Fsp3) is 0. The van der Waals surface area contributed by atoms with Crippen LogP contribution < -0.4 is 15.4 Å². The summed E-state index contributed by atoms with van der Waals surface area (Å²) in [7, 11) is 0. The molecule has 212 valence electrons. The Morgan fingerprint density at radius 2 is 0.953 bits per heavy atom. The summed E-state index contributed by atoms with van der Waals surface area (Å²) < 4.78 is 58.8. The van der Waals surface area contributed by atoms with Crippen LogP contribution in [0.1, 0.15) is 11.1 Å². The van der Waals surface area contributed by atoms with Gasteiger partial charge in [0.25, 0.3) is 11.8 Å². The number of nitrogens with one attached hydrogen (secondary N) is 2. The van der Waals surface area contributed by atoms with Crippen molar-refractivity contribution < 1.29 is 31.9 Å². The van der Waals surface area contributed by atoms with Crippen LogP contribution in [0.25, 0.3) is 12.2 Å². The molecular formula is C32H18F4N4O3. The summed E-state index contributed by atoms with van der Waals surface area (Å²) in [6.07, 6.45) is 2.26. The number of anilines is 2. The van der Waals surface area contributed by atoms with Gasteiger partial charge in [-0.15, -0.1) is 0 Å². The maximum atomic E-state index is 13.4. The third-order valence-corrected chi connectivity index (χ3v) is 5.70. The number of carbonyl (C=O) groups is 2. The molecule has 7 nitrogen and oxygen atoms in total. The molecule has 11 heteroatoms. The van der Waals surface area contributed by atoms with Crippen LogP contribution in [0.3, 0.4) is 0 Å². The quantitative estimate of drug-likeness (QED) is 0.130. The number of halogens is 4. The topological polar surface area (TPSA) is 115 Å². The molecular weight excluding hydrogens is 564 g/mol. The Morgan fingerprint density at radius 1 is 0.581 bits per heavy atom. The third-order valence-electron chi connectivity index (χ3n) is 5.70. The Hall–Kier alpha value is -6.20. The number of ether oxygens (including phenoxy) is 1. The predicted octanol–water partition coefficient (Wildman–Crippen LogP) is 7.13. The number of nitriles is 2. The van der Waals surface area contributed by atoms with Gasteiger partial charge in [-0.2, -0.15) is 10.5 Å². The summed E-state index contributed by atoms with van der Waals surface area (Å²) >= 11 is 0. The van der Waals surface area contributed by atoms with Crippen LogP contribution in [0.2, 0.25) is 0 Å². The van der Waals surface area contributed by atoms with Gasteiger partial charge < -0.3 is 15.4 Å². The van der Waals surface area contributed by atoms with Crippen molar-refractivity contribution in [1.82, 2.24) is 0 Å². The number of rotatable bonds is 8. The SMILES string of the molecule is N#C/C(=C/c1ccc(F)c(F)c1)C(=O)Nc1ccc(Oc2ccc(NC(=O)/C(C#N)=C\c3ccc(F)c(F)c3)cc2)cc1. The van der Waals surface area contributed by atoms with Gasteiger partial charge in [-0.3, -0.25) is 9.59 Å². The molecule has 0 atom stereocenters. The Bertz CT molecular complexity index is 1700. The molecule has 0 fully saturated rings. The normalized spacial score (nSPS) is 11.2. The van der Waals surface area contributed by atoms with Crippen molar-refractivity contribution in [2.45, 2.75) is 0 Å². The Kier molecular flexibility index (Phi) is 9.31. The molecule has 43 heavy (non-hydrogen) atoms. The van der Waals surface area contributed by atoms with E-state index in [4.69, 9.17) is 4.74 Å². The van der Waals surface area contributed by atoms with Crippen molar-refractivity contribution >= 4 is 35.3 Å². The highest BCUT2D eigenvalue weighted by atomic mass is 19.2. The van der Waals surface area contributed by atoms with Gasteiger partial charge in [0.1, 0.15) is 34.8 Å². The van der Waals surface area contributed by atoms with Crippen LogP contribution in [0, 0.1) is 45.9 Å². The zero-order chi connectivity index (χ0) is 30.9. The molecule has 0 aromatic heterocycles. The molecule has 0 heterocycles. The minimum Gasteiger partial charge on any atom is -0.457 e. The number of nitrogens with zero attached hydrogens (tertiary/aromatic N) is 2. The average Bonchev–Trinajstić information content (AvgIpc) is 3.00. The highest BCUT2D eigenvalue weighted by Crippen LogP contribution is 2.25. The van der Waals surface area contributed by atoms with E-state index in [0.717, 1.165) is 36.4 Å². The second-order valence-corrected chi connectivity index (χ2v) is 8.75. The molecule has 0 saturated carbocycles. The van der Waals surface area contributed by atoms with E-state index in [1.807, 2.05) is 0 Å². The molecule has 4 aromatic carbocycles. The van der Waals surface area contributed by atoms with E-state index in [-0.39, 0.29) is 22.3 Å². The van der Waals surface area contributed by atoms with E-state index in [9.17, 15) is 37.7 Å². The predicted molar refractivity (Wildman–Crippen MR) is 150 cm³/mol. The standard InChI is InChI=1S/C32H18F4N4O3/c33-27-11-1-19(15-29(27)35)13-21(17-37)31(41)39-23-3-7-25(8-4-23)43-26-9-5-24(6-10-26)40-32(42)22(18-38)14-20-2-12-28(34)30(36)16-20/h1-16H,(H,39,41)(H,40,42)/b21-13-,22-14-. The summed E-state index contributed by atoms with van der Waals surface area (Å²) in [6, 6.07) is 21.7. The van der Waals surface area contributed by atoms with E-state index < -0.39 is 35.1 Å². The summed E-state index contributed by atoms with van der Waals surface area (Å²) in [6.45, 7) is 0. The molecule has 4 aromatic rings. The Balaban J connectivity index is 1.35. The second kappa shape index (κ2) is 13.4. The van der Waals surface area contributed by atoms with E-state index >= 15 is 0 Å². The molecule has 0 unspecified atom stereocenters. The lowest BCUT2D eigenvalue weighted by atomic mass is 10.1. The van der Waals surface area contributed by atoms with E-state index in [0.29, 0.717) is 22.9 Å². The highest BCUT2D eigenvalue weighted by molar-refractivity contribution is 6.10. The van der Waals surface area contributed by atoms with Gasteiger partial charge in [0.15, 0.2) is 23.3 Å². The maximum Gasteiger partial charge on any atom is 0.266 e. The number of benzene rings is 4. The van der Waals surface area contributed by atoms with Gasteiger partial charge in [0, 0.05) is 11.4 Å². The van der Waals surface area contributed by atoms with Crippen molar-refractivity contribution in [2.24, 2.45) is 0 Å². The molecule has 4 rings (SSSR count). The monoisotopic (exact) mass is 582 g/mol. The summed E-state index contributed by atoms with van der Waals surface area (Å²) in [5, 5.41) is 23.7. The molecule has 2 N–H and O–H groups in total. The molecule has 0 aliphatic rings. The van der Waals surface area contributed by atoms with Gasteiger partial charge in [-0.05, 0) is 96.1 Å². The van der Waals surface area contributed by atoms with Gasteiger partial charge >= 0.3 is 0 Å². The van der Waals surface area contributed by atoms with Crippen molar-refractivity contribution in [2.75, 3.05) is 10.6 Å². The smallest absolute Gasteiger partial charge is 0.266 e. The summed E-state index contributed by atoms with van der Waals surface area (Å²) in [4.78, 5) is 25.0. The maximum absolute atomic E-state index is 13.4. The lowest BCUT2D eigenvalue weighted by Crippen LogP contribution is -2.13. The average molecular weight is 583 g/mol.